The third kappa shape index (κ3) is 4.38. The van der Waals surface area contributed by atoms with E-state index in [0.29, 0.717) is 18.1 Å². The van der Waals surface area contributed by atoms with E-state index in [1.165, 1.54) is 0 Å². The van der Waals surface area contributed by atoms with E-state index in [1.54, 1.807) is 12.1 Å². The van der Waals surface area contributed by atoms with Gasteiger partial charge in [0.25, 0.3) is 0 Å². The first-order valence-electron chi connectivity index (χ1n) is 6.71. The molecule has 6 nitrogen and oxygen atoms in total. The summed E-state index contributed by atoms with van der Waals surface area (Å²) < 4.78 is 4.93. The average molecular weight is 286 g/mol. The molecule has 1 aromatic carbocycles. The van der Waals surface area contributed by atoms with Gasteiger partial charge >= 0.3 is 6.09 Å². The molecule has 0 saturated carbocycles. The Hall–Kier alpha value is -2.76. The van der Waals surface area contributed by atoms with Gasteiger partial charge in [0.05, 0.1) is 12.3 Å². The van der Waals surface area contributed by atoms with Gasteiger partial charge in [-0.15, -0.1) is 0 Å². The highest BCUT2D eigenvalue weighted by Gasteiger charge is 2.07. The molecular weight excluding hydrogens is 268 g/mol. The molecule has 0 unspecified atom stereocenters. The number of ether oxygens (including phenoxy) is 1. The number of carbonyl (C=O) groups excluding carboxylic acids is 1. The summed E-state index contributed by atoms with van der Waals surface area (Å²) in [5.41, 5.74) is 7.17. The maximum absolute atomic E-state index is 11.5. The van der Waals surface area contributed by atoms with Crippen LogP contribution in [0.2, 0.25) is 0 Å². The fourth-order valence-electron chi connectivity index (χ4n) is 1.66. The van der Waals surface area contributed by atoms with Crippen LogP contribution in [0, 0.1) is 0 Å². The molecule has 0 spiro atoms. The van der Waals surface area contributed by atoms with Gasteiger partial charge in [-0.05, 0) is 30.7 Å². The predicted octanol–water partition coefficient (Wildman–Crippen LogP) is 3.37. The second kappa shape index (κ2) is 7.14. The highest BCUT2D eigenvalue weighted by atomic mass is 16.5. The van der Waals surface area contributed by atoms with Crippen molar-refractivity contribution in [3.8, 4) is 0 Å². The number of para-hydroxylation sites is 1. The molecule has 2 aromatic rings. The Kier molecular flexibility index (Phi) is 4.98. The minimum Gasteiger partial charge on any atom is -0.449 e. The summed E-state index contributed by atoms with van der Waals surface area (Å²) in [5.74, 6) is 0.829. The zero-order valence-corrected chi connectivity index (χ0v) is 11.8. The van der Waals surface area contributed by atoms with Gasteiger partial charge in [-0.25, -0.2) is 9.78 Å². The average Bonchev–Trinajstić information content (AvgIpc) is 2.49. The summed E-state index contributed by atoms with van der Waals surface area (Å²) in [5, 5.41) is 5.68. The van der Waals surface area contributed by atoms with Crippen molar-refractivity contribution >= 4 is 29.1 Å². The highest BCUT2D eigenvalue weighted by Crippen LogP contribution is 2.21. The minimum atomic E-state index is -0.533. The Bertz CT molecular complexity index is 602. The molecule has 0 saturated heterocycles. The number of nitrogen functional groups attached to an aromatic ring is 1. The number of amides is 1. The van der Waals surface area contributed by atoms with Gasteiger partial charge in [0, 0.05) is 5.69 Å². The number of nitrogens with two attached hydrogens (primary N) is 1. The van der Waals surface area contributed by atoms with E-state index >= 15 is 0 Å². The molecule has 0 fully saturated rings. The van der Waals surface area contributed by atoms with Crippen molar-refractivity contribution < 1.29 is 9.53 Å². The molecule has 0 bridgehead atoms. The van der Waals surface area contributed by atoms with Gasteiger partial charge in [0.1, 0.15) is 11.6 Å². The fraction of sp³-hybridized carbons (Fsp3) is 0.200. The molecule has 4 N–H and O–H groups in total. The summed E-state index contributed by atoms with van der Waals surface area (Å²) in [7, 11) is 0. The van der Waals surface area contributed by atoms with Gasteiger partial charge in [-0.3, -0.25) is 5.32 Å². The van der Waals surface area contributed by atoms with Crippen molar-refractivity contribution in [2.45, 2.75) is 13.3 Å². The number of nitrogens with one attached hydrogen (secondary N) is 2. The quantitative estimate of drug-likeness (QED) is 0.784. The number of benzene rings is 1. The molecule has 1 aromatic heterocycles. The standard InChI is InChI=1S/C15H18N4O2/c1-2-10-21-15(20)18-12-8-9-13(19-14(12)16)17-11-6-4-3-5-7-11/h3-9H,2,10H2,1H3,(H,18,20)(H3,16,17,19). The number of hydrogen-bond acceptors (Lipinski definition) is 5. The van der Waals surface area contributed by atoms with Gasteiger partial charge in [0.2, 0.25) is 0 Å². The van der Waals surface area contributed by atoms with Crippen LogP contribution in [0.3, 0.4) is 0 Å². The number of pyridine rings is 1. The lowest BCUT2D eigenvalue weighted by Crippen LogP contribution is -2.15. The van der Waals surface area contributed by atoms with Gasteiger partial charge in [-0.2, -0.15) is 0 Å². The number of hydrogen-bond donors (Lipinski definition) is 3. The Morgan fingerprint density at radius 3 is 2.67 bits per heavy atom. The Balaban J connectivity index is 2.02. The first kappa shape index (κ1) is 14.6. The molecule has 21 heavy (non-hydrogen) atoms. The third-order valence-electron chi connectivity index (χ3n) is 2.64. The zero-order chi connectivity index (χ0) is 15.1. The van der Waals surface area contributed by atoms with Crippen LogP contribution in [0.4, 0.5) is 27.8 Å². The molecule has 6 heteroatoms. The smallest absolute Gasteiger partial charge is 0.411 e. The van der Waals surface area contributed by atoms with Crippen molar-refractivity contribution in [2.75, 3.05) is 23.0 Å². The normalized spacial score (nSPS) is 9.95. The summed E-state index contributed by atoms with van der Waals surface area (Å²) in [6.07, 6.45) is 0.232. The number of aromatic nitrogens is 1. The number of nitrogens with zero attached hydrogens (tertiary/aromatic N) is 1. The topological polar surface area (TPSA) is 89.3 Å². The minimum absolute atomic E-state index is 0.226. The van der Waals surface area contributed by atoms with Crippen molar-refractivity contribution in [2.24, 2.45) is 0 Å². The zero-order valence-electron chi connectivity index (χ0n) is 11.8. The Labute approximate surface area is 123 Å². The van der Waals surface area contributed by atoms with Crippen LogP contribution in [0.15, 0.2) is 42.5 Å². The third-order valence-corrected chi connectivity index (χ3v) is 2.64. The van der Waals surface area contributed by atoms with Crippen LogP contribution in [-0.4, -0.2) is 17.7 Å². The molecule has 0 aliphatic heterocycles. The molecule has 1 amide bonds. The van der Waals surface area contributed by atoms with E-state index in [-0.39, 0.29) is 5.82 Å². The van der Waals surface area contributed by atoms with Crippen molar-refractivity contribution in [1.29, 1.82) is 0 Å². The van der Waals surface area contributed by atoms with Crippen molar-refractivity contribution in [1.82, 2.24) is 4.98 Å². The highest BCUT2D eigenvalue weighted by molar-refractivity contribution is 5.88. The monoisotopic (exact) mass is 286 g/mol. The lowest BCUT2D eigenvalue weighted by atomic mass is 10.3. The van der Waals surface area contributed by atoms with Gasteiger partial charge in [-0.1, -0.05) is 25.1 Å². The first-order valence-corrected chi connectivity index (χ1v) is 6.71. The second-order valence-corrected chi connectivity index (χ2v) is 4.38. The molecule has 0 aliphatic rings. The lowest BCUT2D eigenvalue weighted by Gasteiger charge is -2.10. The van der Waals surface area contributed by atoms with Crippen LogP contribution in [0.5, 0.6) is 0 Å². The number of anilines is 4. The lowest BCUT2D eigenvalue weighted by molar-refractivity contribution is 0.161. The largest absolute Gasteiger partial charge is 0.449 e. The first-order chi connectivity index (χ1) is 10.2. The Morgan fingerprint density at radius 2 is 2.00 bits per heavy atom. The van der Waals surface area contributed by atoms with Crippen LogP contribution in [0.1, 0.15) is 13.3 Å². The molecule has 1 heterocycles. The fourth-order valence-corrected chi connectivity index (χ4v) is 1.66. The second-order valence-electron chi connectivity index (χ2n) is 4.38. The summed E-state index contributed by atoms with van der Waals surface area (Å²) in [6.45, 7) is 2.29. The molecular formula is C15H18N4O2. The van der Waals surface area contributed by atoms with Crippen molar-refractivity contribution in [3.63, 3.8) is 0 Å². The Morgan fingerprint density at radius 1 is 1.24 bits per heavy atom. The molecule has 0 aliphatic carbocycles. The summed E-state index contributed by atoms with van der Waals surface area (Å²) in [4.78, 5) is 15.7. The molecule has 0 radical (unpaired) electrons. The maximum atomic E-state index is 11.5. The molecule has 110 valence electrons. The summed E-state index contributed by atoms with van der Waals surface area (Å²) in [6, 6.07) is 13.0. The number of rotatable bonds is 5. The van der Waals surface area contributed by atoms with Crippen LogP contribution < -0.4 is 16.4 Å². The summed E-state index contributed by atoms with van der Waals surface area (Å²) >= 11 is 0. The van der Waals surface area contributed by atoms with Crippen LogP contribution in [0.25, 0.3) is 0 Å². The van der Waals surface area contributed by atoms with Crippen molar-refractivity contribution in [3.05, 3.63) is 42.5 Å². The SMILES string of the molecule is CCCOC(=O)Nc1ccc(Nc2ccccc2)nc1N. The van der Waals surface area contributed by atoms with E-state index in [4.69, 9.17) is 10.5 Å². The van der Waals surface area contributed by atoms with Crippen LogP contribution in [-0.2, 0) is 4.74 Å². The van der Waals surface area contributed by atoms with Crippen LogP contribution >= 0.6 is 0 Å². The molecule has 0 atom stereocenters. The van der Waals surface area contributed by atoms with E-state index in [0.717, 1.165) is 12.1 Å². The molecule has 2 rings (SSSR count). The number of carbonyl (C=O) groups is 1. The van der Waals surface area contributed by atoms with E-state index in [2.05, 4.69) is 15.6 Å². The van der Waals surface area contributed by atoms with E-state index in [1.807, 2.05) is 37.3 Å². The van der Waals surface area contributed by atoms with E-state index < -0.39 is 6.09 Å². The predicted molar refractivity (Wildman–Crippen MR) is 83.6 cm³/mol. The maximum Gasteiger partial charge on any atom is 0.411 e. The van der Waals surface area contributed by atoms with E-state index in [9.17, 15) is 4.79 Å². The van der Waals surface area contributed by atoms with Gasteiger partial charge in [0.15, 0.2) is 0 Å². The van der Waals surface area contributed by atoms with Gasteiger partial charge < -0.3 is 15.8 Å².